The van der Waals surface area contributed by atoms with Gasteiger partial charge in [-0.2, -0.15) is 0 Å². The van der Waals surface area contributed by atoms with Gasteiger partial charge in [-0.05, 0) is 42.4 Å². The molecule has 0 nitrogen and oxygen atoms in total. The largest absolute Gasteiger partial charge is 0.144 e. The van der Waals surface area contributed by atoms with Gasteiger partial charge in [-0.3, -0.25) is 0 Å². The summed E-state index contributed by atoms with van der Waals surface area (Å²) < 4.78 is 0. The Bertz CT molecular complexity index is 378. The van der Waals surface area contributed by atoms with E-state index < -0.39 is 0 Å². The highest BCUT2D eigenvalue weighted by Gasteiger charge is 1.99. The fourth-order valence-electron chi connectivity index (χ4n) is 1.48. The quantitative estimate of drug-likeness (QED) is 0.592. The highest BCUT2D eigenvalue weighted by Crippen LogP contribution is 2.23. The summed E-state index contributed by atoms with van der Waals surface area (Å²) in [5.41, 5.74) is 2.72. The van der Waals surface area contributed by atoms with E-state index in [1.54, 1.807) is 11.3 Å². The molecular formula is C15H20S. The molecule has 0 bridgehead atoms. The van der Waals surface area contributed by atoms with Gasteiger partial charge in [0.25, 0.3) is 0 Å². The molecule has 1 heteroatoms. The maximum atomic E-state index is 2.29. The van der Waals surface area contributed by atoms with Crippen LogP contribution in [0, 0.1) is 0 Å². The van der Waals surface area contributed by atoms with Gasteiger partial charge < -0.3 is 0 Å². The van der Waals surface area contributed by atoms with Crippen LogP contribution in [0.5, 0.6) is 0 Å². The van der Waals surface area contributed by atoms with Crippen LogP contribution in [-0.2, 0) is 0 Å². The zero-order chi connectivity index (χ0) is 11.8. The fourth-order valence-corrected chi connectivity index (χ4v) is 2.25. The van der Waals surface area contributed by atoms with Gasteiger partial charge in [-0.25, -0.2) is 0 Å². The Labute approximate surface area is 103 Å². The summed E-state index contributed by atoms with van der Waals surface area (Å²) in [7, 11) is 0. The molecule has 0 spiro atoms. The van der Waals surface area contributed by atoms with E-state index in [-0.39, 0.29) is 0 Å². The molecule has 0 saturated heterocycles. The minimum absolute atomic E-state index is 1.08. The van der Waals surface area contributed by atoms with E-state index in [4.69, 9.17) is 0 Å². The van der Waals surface area contributed by atoms with Gasteiger partial charge in [0.05, 0.1) is 0 Å². The molecule has 0 radical (unpaired) electrons. The Hall–Kier alpha value is -1.08. The second-order valence-electron chi connectivity index (χ2n) is 3.60. The lowest BCUT2D eigenvalue weighted by Gasteiger charge is -2.01. The molecule has 0 aromatic carbocycles. The third kappa shape index (κ3) is 3.82. The van der Waals surface area contributed by atoms with E-state index in [2.05, 4.69) is 62.6 Å². The van der Waals surface area contributed by atoms with E-state index >= 15 is 0 Å². The average Bonchev–Trinajstić information content (AvgIpc) is 2.83. The zero-order valence-corrected chi connectivity index (χ0v) is 11.2. The van der Waals surface area contributed by atoms with E-state index in [0.717, 1.165) is 12.8 Å². The van der Waals surface area contributed by atoms with Gasteiger partial charge in [-0.1, -0.05) is 44.2 Å². The van der Waals surface area contributed by atoms with Crippen LogP contribution in [0.1, 0.15) is 38.5 Å². The monoisotopic (exact) mass is 232 g/mol. The van der Waals surface area contributed by atoms with Crippen molar-refractivity contribution in [1.29, 1.82) is 0 Å². The molecule has 86 valence electrons. The van der Waals surface area contributed by atoms with Gasteiger partial charge in [-0.15, -0.1) is 11.3 Å². The van der Waals surface area contributed by atoms with E-state index in [0.29, 0.717) is 0 Å². The van der Waals surface area contributed by atoms with Crippen LogP contribution in [0.25, 0.3) is 5.57 Å². The first-order valence-electron chi connectivity index (χ1n) is 5.89. The molecule has 0 fully saturated rings. The van der Waals surface area contributed by atoms with E-state index in [1.807, 2.05) is 0 Å². The van der Waals surface area contributed by atoms with Crippen molar-refractivity contribution in [1.82, 2.24) is 0 Å². The summed E-state index contributed by atoms with van der Waals surface area (Å²) in [5, 5.41) is 2.13. The zero-order valence-electron chi connectivity index (χ0n) is 10.4. The van der Waals surface area contributed by atoms with Crippen molar-refractivity contribution in [3.63, 3.8) is 0 Å². The Morgan fingerprint density at radius 2 is 2.19 bits per heavy atom. The highest BCUT2D eigenvalue weighted by molar-refractivity contribution is 7.11. The summed E-state index contributed by atoms with van der Waals surface area (Å²) in [6.45, 7) is 6.47. The topological polar surface area (TPSA) is 0 Å². The summed E-state index contributed by atoms with van der Waals surface area (Å²) in [5.74, 6) is 0. The first-order chi connectivity index (χ1) is 7.81. The van der Waals surface area contributed by atoms with Crippen LogP contribution >= 0.6 is 11.3 Å². The number of allylic oxidation sites excluding steroid dienone is 6. The second kappa shape index (κ2) is 7.24. The molecule has 1 heterocycles. The summed E-state index contributed by atoms with van der Waals surface area (Å²) >= 11 is 1.79. The van der Waals surface area contributed by atoms with Crippen molar-refractivity contribution in [2.24, 2.45) is 0 Å². The molecule has 0 aliphatic rings. The normalized spacial score (nSPS) is 13.7. The van der Waals surface area contributed by atoms with Crippen molar-refractivity contribution in [3.8, 4) is 0 Å². The number of hydrogen-bond donors (Lipinski definition) is 0. The molecule has 0 aliphatic heterocycles. The van der Waals surface area contributed by atoms with E-state index in [1.165, 1.54) is 16.0 Å². The lowest BCUT2D eigenvalue weighted by Crippen LogP contribution is -1.79. The summed E-state index contributed by atoms with van der Waals surface area (Å²) in [6, 6.07) is 4.28. The number of rotatable bonds is 5. The molecule has 0 aliphatic carbocycles. The molecule has 1 aromatic rings. The van der Waals surface area contributed by atoms with Crippen LogP contribution in [0.4, 0.5) is 0 Å². The van der Waals surface area contributed by atoms with Crippen LogP contribution < -0.4 is 0 Å². The van der Waals surface area contributed by atoms with Gasteiger partial charge in [0.2, 0.25) is 0 Å². The predicted octanol–water partition coefficient (Wildman–Crippen LogP) is 5.45. The maximum Gasteiger partial charge on any atom is 0.0339 e. The van der Waals surface area contributed by atoms with Crippen LogP contribution in [0.3, 0.4) is 0 Å². The lowest BCUT2D eigenvalue weighted by molar-refractivity contribution is 1.13. The fraction of sp³-hybridized carbons (Fsp3) is 0.333. The van der Waals surface area contributed by atoms with Crippen molar-refractivity contribution >= 4 is 16.9 Å². The Balaban J connectivity index is 2.90. The Morgan fingerprint density at radius 1 is 1.38 bits per heavy atom. The third-order valence-corrected chi connectivity index (χ3v) is 3.35. The van der Waals surface area contributed by atoms with Gasteiger partial charge in [0, 0.05) is 4.88 Å². The minimum atomic E-state index is 1.08. The number of thiophene rings is 1. The molecule has 0 amide bonds. The molecule has 1 aromatic heterocycles. The summed E-state index contributed by atoms with van der Waals surface area (Å²) in [6.07, 6.45) is 11.1. The molecule has 1 rings (SSSR count). The van der Waals surface area contributed by atoms with Crippen molar-refractivity contribution < 1.29 is 0 Å². The van der Waals surface area contributed by atoms with Gasteiger partial charge in [0.15, 0.2) is 0 Å². The first-order valence-corrected chi connectivity index (χ1v) is 6.77. The third-order valence-electron chi connectivity index (χ3n) is 2.43. The molecular weight excluding hydrogens is 212 g/mol. The van der Waals surface area contributed by atoms with Crippen molar-refractivity contribution in [3.05, 3.63) is 52.3 Å². The maximum absolute atomic E-state index is 2.29. The summed E-state index contributed by atoms with van der Waals surface area (Å²) in [4.78, 5) is 1.35. The second-order valence-corrected chi connectivity index (χ2v) is 4.55. The lowest BCUT2D eigenvalue weighted by atomic mass is 10.1. The molecule has 0 unspecified atom stereocenters. The van der Waals surface area contributed by atoms with Crippen molar-refractivity contribution in [2.75, 3.05) is 0 Å². The van der Waals surface area contributed by atoms with E-state index in [9.17, 15) is 0 Å². The first kappa shape index (κ1) is 13.0. The van der Waals surface area contributed by atoms with Gasteiger partial charge in [0.1, 0.15) is 0 Å². The minimum Gasteiger partial charge on any atom is -0.144 e. The Kier molecular flexibility index (Phi) is 5.87. The smallest absolute Gasteiger partial charge is 0.0339 e. The van der Waals surface area contributed by atoms with Crippen LogP contribution in [0.15, 0.2) is 47.4 Å². The van der Waals surface area contributed by atoms with Crippen molar-refractivity contribution in [2.45, 2.75) is 33.6 Å². The molecule has 0 saturated carbocycles. The highest BCUT2D eigenvalue weighted by atomic mass is 32.1. The van der Waals surface area contributed by atoms with Crippen LogP contribution in [-0.4, -0.2) is 0 Å². The van der Waals surface area contributed by atoms with Crippen LogP contribution in [0.2, 0.25) is 0 Å². The average molecular weight is 232 g/mol. The number of hydrogen-bond acceptors (Lipinski definition) is 1. The predicted molar refractivity (Wildman–Crippen MR) is 75.8 cm³/mol. The van der Waals surface area contributed by atoms with Gasteiger partial charge >= 0.3 is 0 Å². The standard InChI is InChI=1S/C15H20S/c1-4-7-9-13(5-2)12-14(6-3)15-10-8-11-16-15/h6-12H,4-5H2,1-3H3/b9-7+,13-12-,14-6+. The molecule has 0 atom stereocenters. The Morgan fingerprint density at radius 3 is 2.69 bits per heavy atom. The SMILES string of the molecule is C\C=C(/C=C(\C=C\CC)CC)c1cccs1. The molecule has 0 N–H and O–H groups in total. The molecule has 16 heavy (non-hydrogen) atoms.